The first kappa shape index (κ1) is 18.2. The van der Waals surface area contributed by atoms with E-state index in [1.165, 1.54) is 0 Å². The lowest BCUT2D eigenvalue weighted by Gasteiger charge is -2.36. The number of hydrogen-bond acceptors (Lipinski definition) is 2. The third-order valence-electron chi connectivity index (χ3n) is 4.37. The van der Waals surface area contributed by atoms with Gasteiger partial charge in [-0.05, 0) is 18.6 Å². The Hall–Kier alpha value is -1.14. The van der Waals surface area contributed by atoms with Gasteiger partial charge in [0.2, 0.25) is 0 Å². The number of benzene rings is 1. The molecule has 0 aliphatic carbocycles. The second kappa shape index (κ2) is 8.11. The maximum Gasteiger partial charge on any atom is 0.416 e. The quantitative estimate of drug-likeness (QED) is 0.615. The fourth-order valence-electron chi connectivity index (χ4n) is 3.21. The van der Waals surface area contributed by atoms with Gasteiger partial charge in [-0.1, -0.05) is 32.3 Å². The van der Waals surface area contributed by atoms with Gasteiger partial charge in [0, 0.05) is 37.8 Å². The first-order valence-corrected chi connectivity index (χ1v) is 8.25. The van der Waals surface area contributed by atoms with Gasteiger partial charge in [-0.15, -0.1) is 0 Å². The molecule has 2 nitrogen and oxygen atoms in total. The van der Waals surface area contributed by atoms with Gasteiger partial charge in [0.1, 0.15) is 5.82 Å². The summed E-state index contributed by atoms with van der Waals surface area (Å²) in [6, 6.07) is 2.76. The Morgan fingerprint density at radius 2 is 1.87 bits per heavy atom. The number of halogens is 4. The fourth-order valence-corrected chi connectivity index (χ4v) is 3.21. The van der Waals surface area contributed by atoms with E-state index in [0.29, 0.717) is 19.5 Å². The van der Waals surface area contributed by atoms with Crippen molar-refractivity contribution < 1.29 is 17.6 Å². The van der Waals surface area contributed by atoms with Crippen molar-refractivity contribution in [3.8, 4) is 0 Å². The molecular weight excluding hydrogens is 308 g/mol. The lowest BCUT2D eigenvalue weighted by molar-refractivity contribution is -0.139. The molecule has 0 aromatic heterocycles. The van der Waals surface area contributed by atoms with E-state index in [-0.39, 0.29) is 5.56 Å². The molecule has 1 atom stereocenters. The van der Waals surface area contributed by atoms with Crippen molar-refractivity contribution in [2.24, 2.45) is 0 Å². The van der Waals surface area contributed by atoms with E-state index in [0.717, 1.165) is 50.6 Å². The van der Waals surface area contributed by atoms with E-state index in [2.05, 4.69) is 5.32 Å². The van der Waals surface area contributed by atoms with E-state index in [1.807, 2.05) is 11.8 Å². The second-order valence-corrected chi connectivity index (χ2v) is 6.00. The Balaban J connectivity index is 2.37. The number of unbranched alkanes of at least 4 members (excludes halogenated alkanes) is 2. The number of nitrogens with one attached hydrogen (secondary N) is 1. The number of alkyl halides is 3. The molecule has 1 N–H and O–H groups in total. The lowest BCUT2D eigenvalue weighted by Crippen LogP contribution is -2.45. The van der Waals surface area contributed by atoms with Gasteiger partial charge in [-0.2, -0.15) is 13.2 Å². The van der Waals surface area contributed by atoms with Gasteiger partial charge in [0.15, 0.2) is 0 Å². The second-order valence-electron chi connectivity index (χ2n) is 6.00. The highest BCUT2D eigenvalue weighted by Crippen LogP contribution is 2.39. The van der Waals surface area contributed by atoms with Crippen molar-refractivity contribution in [2.45, 2.75) is 44.8 Å². The van der Waals surface area contributed by atoms with Crippen LogP contribution in [0.2, 0.25) is 0 Å². The average Bonchev–Trinajstić information content (AvgIpc) is 2.52. The largest absolute Gasteiger partial charge is 0.416 e. The summed E-state index contributed by atoms with van der Waals surface area (Å²) < 4.78 is 54.4. The Kier molecular flexibility index (Phi) is 6.41. The van der Waals surface area contributed by atoms with E-state index in [9.17, 15) is 17.6 Å². The number of nitrogens with zero attached hydrogens (tertiary/aromatic N) is 1. The predicted octanol–water partition coefficient (Wildman–Crippen LogP) is 4.37. The molecule has 1 aliphatic rings. The van der Waals surface area contributed by atoms with Gasteiger partial charge in [0.25, 0.3) is 0 Å². The molecule has 1 saturated heterocycles. The van der Waals surface area contributed by atoms with Crippen LogP contribution in [0.3, 0.4) is 0 Å². The van der Waals surface area contributed by atoms with Crippen LogP contribution in [0.1, 0.15) is 49.8 Å². The highest BCUT2D eigenvalue weighted by Gasteiger charge is 2.38. The van der Waals surface area contributed by atoms with Crippen molar-refractivity contribution in [3.63, 3.8) is 0 Å². The molecule has 1 aromatic carbocycles. The van der Waals surface area contributed by atoms with Crippen LogP contribution in [-0.2, 0) is 6.18 Å². The molecule has 1 fully saturated rings. The Labute approximate surface area is 134 Å². The van der Waals surface area contributed by atoms with Gasteiger partial charge < -0.3 is 5.32 Å². The topological polar surface area (TPSA) is 15.3 Å². The minimum absolute atomic E-state index is 0.182. The van der Waals surface area contributed by atoms with Crippen LogP contribution >= 0.6 is 0 Å². The highest BCUT2D eigenvalue weighted by molar-refractivity contribution is 5.34. The molecule has 1 aromatic rings. The Morgan fingerprint density at radius 3 is 2.48 bits per heavy atom. The summed E-state index contributed by atoms with van der Waals surface area (Å²) in [5.41, 5.74) is -1.02. The van der Waals surface area contributed by atoms with Gasteiger partial charge >= 0.3 is 6.18 Å². The molecular formula is C17H24F4N2. The van der Waals surface area contributed by atoms with Crippen molar-refractivity contribution in [2.75, 3.05) is 26.2 Å². The third kappa shape index (κ3) is 4.67. The SMILES string of the molecule is CCCCC[C@H](c1c(F)cccc1C(F)(F)F)N1CCNCC1. The van der Waals surface area contributed by atoms with Crippen LogP contribution < -0.4 is 5.32 Å². The number of rotatable bonds is 6. The standard InChI is InChI=1S/C17H24F4N2/c1-2-3-4-8-15(23-11-9-22-10-12-23)16-13(17(19,20)21)6-5-7-14(16)18/h5-7,15,22H,2-4,8-12H2,1H3/t15-/m1/s1. The molecule has 0 amide bonds. The third-order valence-corrected chi connectivity index (χ3v) is 4.37. The zero-order chi connectivity index (χ0) is 16.9. The Bertz CT molecular complexity index is 496. The summed E-state index contributed by atoms with van der Waals surface area (Å²) in [6.07, 6.45) is -1.25. The average molecular weight is 332 g/mol. The summed E-state index contributed by atoms with van der Waals surface area (Å²) in [4.78, 5) is 1.99. The minimum Gasteiger partial charge on any atom is -0.314 e. The van der Waals surface area contributed by atoms with Gasteiger partial charge in [-0.25, -0.2) is 4.39 Å². The van der Waals surface area contributed by atoms with Crippen LogP contribution in [0.5, 0.6) is 0 Å². The van der Waals surface area contributed by atoms with Crippen molar-refractivity contribution in [3.05, 3.63) is 35.1 Å². The van der Waals surface area contributed by atoms with E-state index < -0.39 is 23.6 Å². The maximum absolute atomic E-state index is 14.4. The minimum atomic E-state index is -4.53. The van der Waals surface area contributed by atoms with Crippen LogP contribution in [0.15, 0.2) is 18.2 Å². The van der Waals surface area contributed by atoms with E-state index in [4.69, 9.17) is 0 Å². The Morgan fingerprint density at radius 1 is 1.17 bits per heavy atom. The zero-order valence-corrected chi connectivity index (χ0v) is 13.4. The number of piperazine rings is 1. The molecule has 0 unspecified atom stereocenters. The van der Waals surface area contributed by atoms with Crippen molar-refractivity contribution in [1.82, 2.24) is 10.2 Å². The molecule has 6 heteroatoms. The molecule has 1 aliphatic heterocycles. The highest BCUT2D eigenvalue weighted by atomic mass is 19.4. The predicted molar refractivity (Wildman–Crippen MR) is 82.7 cm³/mol. The van der Waals surface area contributed by atoms with E-state index >= 15 is 0 Å². The summed E-state index contributed by atoms with van der Waals surface area (Å²) in [5.74, 6) is -0.750. The van der Waals surface area contributed by atoms with Gasteiger partial charge in [0.05, 0.1) is 5.56 Å². The fraction of sp³-hybridized carbons (Fsp3) is 0.647. The van der Waals surface area contributed by atoms with Crippen LogP contribution in [-0.4, -0.2) is 31.1 Å². The summed E-state index contributed by atoms with van der Waals surface area (Å²) in [5, 5.41) is 3.19. The zero-order valence-electron chi connectivity index (χ0n) is 13.4. The maximum atomic E-state index is 14.4. The number of hydrogen-bond donors (Lipinski definition) is 1. The molecule has 0 bridgehead atoms. The first-order chi connectivity index (χ1) is 10.9. The molecule has 130 valence electrons. The van der Waals surface area contributed by atoms with Gasteiger partial charge in [-0.3, -0.25) is 4.90 Å². The molecule has 0 radical (unpaired) electrons. The van der Waals surface area contributed by atoms with Crippen LogP contribution in [0.25, 0.3) is 0 Å². The molecule has 23 heavy (non-hydrogen) atoms. The normalized spacial score (nSPS) is 18.1. The summed E-state index contributed by atoms with van der Waals surface area (Å²) >= 11 is 0. The molecule has 1 heterocycles. The molecule has 0 spiro atoms. The summed E-state index contributed by atoms with van der Waals surface area (Å²) in [6.45, 7) is 4.77. The van der Waals surface area contributed by atoms with Crippen LogP contribution in [0.4, 0.5) is 17.6 Å². The van der Waals surface area contributed by atoms with E-state index in [1.54, 1.807) is 0 Å². The lowest BCUT2D eigenvalue weighted by atomic mass is 9.93. The first-order valence-electron chi connectivity index (χ1n) is 8.25. The van der Waals surface area contributed by atoms with Crippen molar-refractivity contribution in [1.29, 1.82) is 0 Å². The summed E-state index contributed by atoms with van der Waals surface area (Å²) in [7, 11) is 0. The molecule has 2 rings (SSSR count). The molecule has 0 saturated carbocycles. The van der Waals surface area contributed by atoms with Crippen LogP contribution in [0, 0.1) is 5.82 Å². The van der Waals surface area contributed by atoms with Crippen molar-refractivity contribution >= 4 is 0 Å². The smallest absolute Gasteiger partial charge is 0.314 e. The monoisotopic (exact) mass is 332 g/mol.